The Morgan fingerprint density at radius 1 is 1.14 bits per heavy atom. The van der Waals surface area contributed by atoms with Crippen molar-refractivity contribution >= 4 is 17.3 Å². The molecule has 22 heavy (non-hydrogen) atoms. The Bertz CT molecular complexity index is 635. The summed E-state index contributed by atoms with van der Waals surface area (Å²) in [6, 6.07) is 16.3. The minimum absolute atomic E-state index is 0.181. The predicted octanol–water partition coefficient (Wildman–Crippen LogP) is 2.95. The maximum absolute atomic E-state index is 10.9. The Hall–Kier alpha value is -2.49. The third-order valence-corrected chi connectivity index (χ3v) is 3.60. The third-order valence-electron chi connectivity index (χ3n) is 3.60. The highest BCUT2D eigenvalue weighted by Crippen LogP contribution is 2.27. The van der Waals surface area contributed by atoms with E-state index in [1.54, 1.807) is 0 Å². The molecule has 0 aromatic heterocycles. The van der Waals surface area contributed by atoms with Crippen LogP contribution in [-0.4, -0.2) is 20.0 Å². The van der Waals surface area contributed by atoms with E-state index >= 15 is 0 Å². The minimum atomic E-state index is -0.311. The van der Waals surface area contributed by atoms with E-state index in [2.05, 4.69) is 35.3 Å². The van der Waals surface area contributed by atoms with E-state index in [9.17, 15) is 4.79 Å². The molecule has 1 unspecified atom stereocenters. The van der Waals surface area contributed by atoms with Crippen LogP contribution in [0.1, 0.15) is 24.1 Å². The third kappa shape index (κ3) is 4.01. The topological polar surface area (TPSA) is 58.4 Å². The molecule has 3 N–H and O–H groups in total. The molecule has 116 valence electrons. The second kappa shape index (κ2) is 6.98. The van der Waals surface area contributed by atoms with E-state index in [0.29, 0.717) is 0 Å². The normalized spacial score (nSPS) is 11.8. The zero-order chi connectivity index (χ0) is 16.1. The van der Waals surface area contributed by atoms with Gasteiger partial charge in [-0.1, -0.05) is 30.3 Å². The van der Waals surface area contributed by atoms with Gasteiger partial charge in [0, 0.05) is 25.5 Å². The molecular formula is C18H23N3O. The monoisotopic (exact) mass is 297 g/mol. The molecule has 0 saturated carbocycles. The zero-order valence-electron chi connectivity index (χ0n) is 13.3. The largest absolute Gasteiger partial charge is 0.378 e. The van der Waals surface area contributed by atoms with E-state index in [4.69, 9.17) is 5.73 Å². The lowest BCUT2D eigenvalue weighted by Crippen LogP contribution is -2.15. The molecule has 4 heteroatoms. The van der Waals surface area contributed by atoms with E-state index in [0.717, 1.165) is 11.3 Å². The van der Waals surface area contributed by atoms with Crippen LogP contribution in [0.25, 0.3) is 0 Å². The van der Waals surface area contributed by atoms with Gasteiger partial charge in [0.05, 0.1) is 12.5 Å². The SMILES string of the molecule is CC(Nc1ccc(CC(N)=O)cc1)c1ccccc1N(C)C. The minimum Gasteiger partial charge on any atom is -0.378 e. The second-order valence-electron chi connectivity index (χ2n) is 5.66. The summed E-state index contributed by atoms with van der Waals surface area (Å²) in [5.74, 6) is -0.311. The Morgan fingerprint density at radius 3 is 2.36 bits per heavy atom. The Morgan fingerprint density at radius 2 is 1.77 bits per heavy atom. The average molecular weight is 297 g/mol. The van der Waals surface area contributed by atoms with Crippen LogP contribution in [0.5, 0.6) is 0 Å². The predicted molar refractivity (Wildman–Crippen MR) is 92.1 cm³/mol. The van der Waals surface area contributed by atoms with Crippen LogP contribution in [0.4, 0.5) is 11.4 Å². The molecule has 0 radical (unpaired) electrons. The molecule has 0 saturated heterocycles. The molecule has 0 bridgehead atoms. The number of anilines is 2. The number of primary amides is 1. The first-order valence-electron chi connectivity index (χ1n) is 7.37. The zero-order valence-corrected chi connectivity index (χ0v) is 13.3. The van der Waals surface area contributed by atoms with Crippen molar-refractivity contribution in [3.63, 3.8) is 0 Å². The van der Waals surface area contributed by atoms with Crippen molar-refractivity contribution in [2.45, 2.75) is 19.4 Å². The summed E-state index contributed by atoms with van der Waals surface area (Å²) in [6.07, 6.45) is 0.277. The first-order valence-corrected chi connectivity index (χ1v) is 7.37. The van der Waals surface area contributed by atoms with Crippen molar-refractivity contribution in [2.24, 2.45) is 5.73 Å². The number of nitrogens with two attached hydrogens (primary N) is 1. The van der Waals surface area contributed by atoms with Gasteiger partial charge in [0.15, 0.2) is 0 Å². The summed E-state index contributed by atoms with van der Waals surface area (Å²) in [4.78, 5) is 13.0. The highest BCUT2D eigenvalue weighted by atomic mass is 16.1. The van der Waals surface area contributed by atoms with Gasteiger partial charge in [-0.2, -0.15) is 0 Å². The molecule has 4 nitrogen and oxygen atoms in total. The summed E-state index contributed by atoms with van der Waals surface area (Å²) in [5, 5.41) is 3.49. The highest BCUT2D eigenvalue weighted by molar-refractivity contribution is 5.76. The van der Waals surface area contributed by atoms with E-state index in [1.807, 2.05) is 44.4 Å². The van der Waals surface area contributed by atoms with Crippen molar-refractivity contribution in [1.82, 2.24) is 0 Å². The summed E-state index contributed by atoms with van der Waals surface area (Å²) >= 11 is 0. The van der Waals surface area contributed by atoms with Crippen molar-refractivity contribution in [2.75, 3.05) is 24.3 Å². The van der Waals surface area contributed by atoms with Crippen LogP contribution in [0, 0.1) is 0 Å². The van der Waals surface area contributed by atoms with Gasteiger partial charge in [0.1, 0.15) is 0 Å². The molecule has 1 amide bonds. The lowest BCUT2D eigenvalue weighted by molar-refractivity contribution is -0.117. The van der Waals surface area contributed by atoms with Crippen molar-refractivity contribution < 1.29 is 4.79 Å². The number of rotatable bonds is 6. The Balaban J connectivity index is 2.12. The Labute approximate surface area is 131 Å². The average Bonchev–Trinajstić information content (AvgIpc) is 2.48. The molecule has 0 heterocycles. The van der Waals surface area contributed by atoms with Gasteiger partial charge in [-0.05, 0) is 36.2 Å². The maximum Gasteiger partial charge on any atom is 0.221 e. The number of carbonyl (C=O) groups excluding carboxylic acids is 1. The number of nitrogens with zero attached hydrogens (tertiary/aromatic N) is 1. The molecule has 2 aromatic rings. The smallest absolute Gasteiger partial charge is 0.221 e. The van der Waals surface area contributed by atoms with Gasteiger partial charge in [0.2, 0.25) is 5.91 Å². The van der Waals surface area contributed by atoms with Crippen LogP contribution in [0.2, 0.25) is 0 Å². The summed E-state index contributed by atoms with van der Waals surface area (Å²) in [6.45, 7) is 2.14. The fourth-order valence-corrected chi connectivity index (χ4v) is 2.51. The molecule has 0 spiro atoms. The molecule has 2 aromatic carbocycles. The summed E-state index contributed by atoms with van der Waals surface area (Å²) in [5.41, 5.74) is 9.60. The van der Waals surface area contributed by atoms with Crippen LogP contribution in [0.15, 0.2) is 48.5 Å². The van der Waals surface area contributed by atoms with Gasteiger partial charge < -0.3 is 16.0 Å². The first-order chi connectivity index (χ1) is 10.5. The second-order valence-corrected chi connectivity index (χ2v) is 5.66. The van der Waals surface area contributed by atoms with Crippen molar-refractivity contribution in [1.29, 1.82) is 0 Å². The van der Waals surface area contributed by atoms with E-state index in [-0.39, 0.29) is 18.4 Å². The molecule has 1 atom stereocenters. The molecule has 0 aliphatic rings. The van der Waals surface area contributed by atoms with Crippen molar-refractivity contribution in [3.8, 4) is 0 Å². The molecule has 0 fully saturated rings. The van der Waals surface area contributed by atoms with E-state index in [1.165, 1.54) is 11.3 Å². The maximum atomic E-state index is 10.9. The molecular weight excluding hydrogens is 274 g/mol. The van der Waals surface area contributed by atoms with Gasteiger partial charge in [-0.15, -0.1) is 0 Å². The van der Waals surface area contributed by atoms with Gasteiger partial charge >= 0.3 is 0 Å². The van der Waals surface area contributed by atoms with E-state index < -0.39 is 0 Å². The number of hydrogen-bond donors (Lipinski definition) is 2. The molecule has 2 rings (SSSR count). The first kappa shape index (κ1) is 15.9. The van der Waals surface area contributed by atoms with Gasteiger partial charge in [0.25, 0.3) is 0 Å². The number of nitrogens with one attached hydrogen (secondary N) is 1. The van der Waals surface area contributed by atoms with Crippen LogP contribution in [-0.2, 0) is 11.2 Å². The standard InChI is InChI=1S/C18H23N3O/c1-13(16-6-4-5-7-17(16)21(2)3)20-15-10-8-14(9-11-15)12-18(19)22/h4-11,13,20H,12H2,1-3H3,(H2,19,22). The van der Waals surface area contributed by atoms with Crippen LogP contribution in [0.3, 0.4) is 0 Å². The lowest BCUT2D eigenvalue weighted by atomic mass is 10.0. The number of para-hydroxylation sites is 1. The molecule has 0 aliphatic carbocycles. The van der Waals surface area contributed by atoms with Crippen LogP contribution >= 0.6 is 0 Å². The fraction of sp³-hybridized carbons (Fsp3) is 0.278. The number of benzene rings is 2. The van der Waals surface area contributed by atoms with Crippen molar-refractivity contribution in [3.05, 3.63) is 59.7 Å². The summed E-state index contributed by atoms with van der Waals surface area (Å²) in [7, 11) is 4.09. The quantitative estimate of drug-likeness (QED) is 0.862. The van der Waals surface area contributed by atoms with Crippen LogP contribution < -0.4 is 16.0 Å². The number of amides is 1. The number of carbonyl (C=O) groups is 1. The van der Waals surface area contributed by atoms with Gasteiger partial charge in [-0.3, -0.25) is 4.79 Å². The lowest BCUT2D eigenvalue weighted by Gasteiger charge is -2.23. The fourth-order valence-electron chi connectivity index (χ4n) is 2.51. The molecule has 0 aliphatic heterocycles. The summed E-state index contributed by atoms with van der Waals surface area (Å²) < 4.78 is 0. The van der Waals surface area contributed by atoms with Gasteiger partial charge in [-0.25, -0.2) is 0 Å². The Kier molecular flexibility index (Phi) is 5.04. The number of hydrogen-bond acceptors (Lipinski definition) is 3. The highest BCUT2D eigenvalue weighted by Gasteiger charge is 2.11.